The van der Waals surface area contributed by atoms with Gasteiger partial charge in [0, 0.05) is 0 Å². The minimum Gasteiger partial charge on any atom is -0.439 e. The maximum absolute atomic E-state index is 12.5. The molecule has 0 spiro atoms. The standard InChI is InChI=1S/C11H10F3NO2.C2H6/c1-6-2-3-7(11(12,13)14)4-8(6)9-5-15-10(16)17-9;1-2/h2-4,9H,5H2,1H3,(H,15,16);1-2H3/t9-;/m1./s1. The first kappa shape index (κ1) is 15.3. The van der Waals surface area contributed by atoms with Gasteiger partial charge in [-0.25, -0.2) is 4.79 Å². The maximum atomic E-state index is 12.5. The summed E-state index contributed by atoms with van der Waals surface area (Å²) < 4.78 is 42.5. The van der Waals surface area contributed by atoms with Gasteiger partial charge in [-0.1, -0.05) is 19.9 Å². The molecule has 0 aliphatic carbocycles. The van der Waals surface area contributed by atoms with Crippen LogP contribution in [0.15, 0.2) is 18.2 Å². The van der Waals surface area contributed by atoms with Crippen molar-refractivity contribution >= 4 is 6.09 Å². The summed E-state index contributed by atoms with van der Waals surface area (Å²) in [5.41, 5.74) is 0.318. The number of hydrogen-bond donors (Lipinski definition) is 1. The fraction of sp³-hybridized carbons (Fsp3) is 0.462. The Kier molecular flexibility index (Phi) is 4.80. The van der Waals surface area contributed by atoms with Gasteiger partial charge in [0.15, 0.2) is 0 Å². The zero-order valence-corrected chi connectivity index (χ0v) is 11.0. The summed E-state index contributed by atoms with van der Waals surface area (Å²) in [6.07, 6.45) is -5.64. The number of aryl methyl sites for hydroxylation is 1. The molecule has 0 aromatic heterocycles. The molecule has 2 rings (SSSR count). The van der Waals surface area contributed by atoms with Crippen molar-refractivity contribution in [2.24, 2.45) is 0 Å². The molecule has 1 N–H and O–H groups in total. The first-order valence-corrected chi connectivity index (χ1v) is 6.00. The van der Waals surface area contributed by atoms with Gasteiger partial charge in [0.1, 0.15) is 6.10 Å². The SMILES string of the molecule is CC.Cc1ccc(C(F)(F)F)cc1[C@H]1CNC(=O)O1. The van der Waals surface area contributed by atoms with Crippen molar-refractivity contribution in [1.29, 1.82) is 0 Å². The number of rotatable bonds is 1. The third-order valence-electron chi connectivity index (χ3n) is 2.63. The second-order valence-electron chi connectivity index (χ2n) is 3.84. The predicted molar refractivity (Wildman–Crippen MR) is 64.8 cm³/mol. The highest BCUT2D eigenvalue weighted by Gasteiger charge is 2.33. The van der Waals surface area contributed by atoms with E-state index >= 15 is 0 Å². The van der Waals surface area contributed by atoms with E-state index in [1.54, 1.807) is 6.92 Å². The van der Waals surface area contributed by atoms with Crippen LogP contribution in [-0.4, -0.2) is 12.6 Å². The Bertz CT molecular complexity index is 458. The van der Waals surface area contributed by atoms with Crippen molar-refractivity contribution in [3.05, 3.63) is 34.9 Å². The lowest BCUT2D eigenvalue weighted by molar-refractivity contribution is -0.137. The second kappa shape index (κ2) is 5.95. The first-order valence-electron chi connectivity index (χ1n) is 6.00. The van der Waals surface area contributed by atoms with Crippen LogP contribution in [0.2, 0.25) is 0 Å². The van der Waals surface area contributed by atoms with E-state index in [-0.39, 0.29) is 6.54 Å². The molecule has 1 saturated heterocycles. The summed E-state index contributed by atoms with van der Waals surface area (Å²) in [7, 11) is 0. The monoisotopic (exact) mass is 275 g/mol. The van der Waals surface area contributed by atoms with Gasteiger partial charge < -0.3 is 10.1 Å². The third kappa shape index (κ3) is 3.62. The summed E-state index contributed by atoms with van der Waals surface area (Å²) in [4.78, 5) is 10.9. The Balaban J connectivity index is 0.000000861. The number of alkyl halides is 3. The van der Waals surface area contributed by atoms with E-state index in [2.05, 4.69) is 5.32 Å². The van der Waals surface area contributed by atoms with Crippen molar-refractivity contribution in [2.75, 3.05) is 6.54 Å². The van der Waals surface area contributed by atoms with E-state index in [4.69, 9.17) is 4.74 Å². The highest BCUT2D eigenvalue weighted by molar-refractivity contribution is 5.69. The fourth-order valence-electron chi connectivity index (χ4n) is 1.73. The normalized spacial score (nSPS) is 18.2. The molecule has 1 atom stereocenters. The fourth-order valence-corrected chi connectivity index (χ4v) is 1.73. The molecule has 0 unspecified atom stereocenters. The molecule has 1 fully saturated rings. The Morgan fingerprint density at radius 2 is 1.95 bits per heavy atom. The van der Waals surface area contributed by atoms with Gasteiger partial charge in [-0.3, -0.25) is 0 Å². The number of halogens is 3. The van der Waals surface area contributed by atoms with E-state index in [0.717, 1.165) is 12.1 Å². The average molecular weight is 275 g/mol. The lowest BCUT2D eigenvalue weighted by atomic mass is 10.0. The molecule has 1 aliphatic heterocycles. The van der Waals surface area contributed by atoms with Gasteiger partial charge in [0.25, 0.3) is 0 Å². The van der Waals surface area contributed by atoms with Gasteiger partial charge >= 0.3 is 12.3 Å². The minimum atomic E-state index is -4.39. The molecule has 6 heteroatoms. The minimum absolute atomic E-state index is 0.195. The van der Waals surface area contributed by atoms with Gasteiger partial charge in [0.2, 0.25) is 0 Å². The van der Waals surface area contributed by atoms with E-state index in [0.29, 0.717) is 11.1 Å². The molecular formula is C13H16F3NO2. The molecule has 0 bridgehead atoms. The molecule has 1 aromatic rings. The van der Waals surface area contributed by atoms with Gasteiger partial charge in [-0.15, -0.1) is 0 Å². The Morgan fingerprint density at radius 1 is 1.32 bits per heavy atom. The molecule has 19 heavy (non-hydrogen) atoms. The number of hydrogen-bond acceptors (Lipinski definition) is 2. The van der Waals surface area contributed by atoms with Crippen LogP contribution in [0.1, 0.15) is 36.6 Å². The molecule has 1 aromatic carbocycles. The zero-order valence-electron chi connectivity index (χ0n) is 11.0. The topological polar surface area (TPSA) is 38.3 Å². The number of cyclic esters (lactones) is 1. The highest BCUT2D eigenvalue weighted by Crippen LogP contribution is 2.33. The molecule has 106 valence electrons. The summed E-state index contributed by atoms with van der Waals surface area (Å²) in [5, 5.41) is 2.41. The molecular weight excluding hydrogens is 259 g/mol. The number of carbonyl (C=O) groups excluding carboxylic acids is 1. The van der Waals surface area contributed by atoms with Crippen LogP contribution < -0.4 is 5.32 Å². The lowest BCUT2D eigenvalue weighted by Crippen LogP contribution is -2.13. The number of nitrogens with one attached hydrogen (secondary N) is 1. The molecule has 0 saturated carbocycles. The highest BCUT2D eigenvalue weighted by atomic mass is 19.4. The number of carbonyl (C=O) groups is 1. The molecule has 3 nitrogen and oxygen atoms in total. The third-order valence-corrected chi connectivity index (χ3v) is 2.63. The Labute approximate surface area is 109 Å². The van der Waals surface area contributed by atoms with Crippen LogP contribution in [0.25, 0.3) is 0 Å². The van der Waals surface area contributed by atoms with Crippen LogP contribution in [-0.2, 0) is 10.9 Å². The zero-order chi connectivity index (χ0) is 14.6. The van der Waals surface area contributed by atoms with Gasteiger partial charge in [-0.2, -0.15) is 13.2 Å². The first-order chi connectivity index (χ1) is 8.88. The summed E-state index contributed by atoms with van der Waals surface area (Å²) in [6.45, 7) is 5.88. The molecule has 1 amide bonds. The van der Waals surface area contributed by atoms with Gasteiger partial charge in [-0.05, 0) is 30.2 Å². The second-order valence-corrected chi connectivity index (χ2v) is 3.84. The van der Waals surface area contributed by atoms with Crippen LogP contribution in [0.4, 0.5) is 18.0 Å². The maximum Gasteiger partial charge on any atom is 0.416 e. The van der Waals surface area contributed by atoms with Crippen LogP contribution >= 0.6 is 0 Å². The van der Waals surface area contributed by atoms with Crippen molar-refractivity contribution in [3.63, 3.8) is 0 Å². The number of ether oxygens (including phenoxy) is 1. The summed E-state index contributed by atoms with van der Waals surface area (Å²) in [6, 6.07) is 3.42. The number of alkyl carbamates (subject to hydrolysis) is 1. The van der Waals surface area contributed by atoms with E-state index < -0.39 is 23.9 Å². The lowest BCUT2D eigenvalue weighted by Gasteiger charge is -2.14. The molecule has 1 heterocycles. The Hall–Kier alpha value is -1.72. The molecule has 0 radical (unpaired) electrons. The van der Waals surface area contributed by atoms with Crippen molar-refractivity contribution in [1.82, 2.24) is 5.32 Å². The summed E-state index contributed by atoms with van der Waals surface area (Å²) in [5.74, 6) is 0. The quantitative estimate of drug-likeness (QED) is 0.846. The van der Waals surface area contributed by atoms with Crippen molar-refractivity contribution < 1.29 is 22.7 Å². The van der Waals surface area contributed by atoms with E-state index in [9.17, 15) is 18.0 Å². The van der Waals surface area contributed by atoms with Crippen LogP contribution in [0, 0.1) is 6.92 Å². The molecule has 1 aliphatic rings. The number of amides is 1. The largest absolute Gasteiger partial charge is 0.439 e. The average Bonchev–Trinajstić information content (AvgIpc) is 2.77. The van der Waals surface area contributed by atoms with Gasteiger partial charge in [0.05, 0.1) is 12.1 Å². The Morgan fingerprint density at radius 3 is 2.42 bits per heavy atom. The van der Waals surface area contributed by atoms with Crippen LogP contribution in [0.3, 0.4) is 0 Å². The summed E-state index contributed by atoms with van der Waals surface area (Å²) >= 11 is 0. The smallest absolute Gasteiger partial charge is 0.416 e. The van der Waals surface area contributed by atoms with E-state index in [1.165, 1.54) is 6.07 Å². The van der Waals surface area contributed by atoms with Crippen molar-refractivity contribution in [3.8, 4) is 0 Å². The number of benzene rings is 1. The van der Waals surface area contributed by atoms with Crippen molar-refractivity contribution in [2.45, 2.75) is 33.1 Å². The van der Waals surface area contributed by atoms with E-state index in [1.807, 2.05) is 13.8 Å². The van der Waals surface area contributed by atoms with Crippen LogP contribution in [0.5, 0.6) is 0 Å². The predicted octanol–water partition coefficient (Wildman–Crippen LogP) is 3.82.